The Kier molecular flexibility index (Phi) is 4.09. The highest BCUT2D eigenvalue weighted by atomic mass is 32.1. The van der Waals surface area contributed by atoms with E-state index in [1.54, 1.807) is 11.3 Å². The van der Waals surface area contributed by atoms with Gasteiger partial charge in [0.2, 0.25) is 5.13 Å². The van der Waals surface area contributed by atoms with Gasteiger partial charge in [0.15, 0.2) is 5.13 Å². The summed E-state index contributed by atoms with van der Waals surface area (Å²) in [5, 5.41) is 13.8. The van der Waals surface area contributed by atoms with Gasteiger partial charge in [-0.2, -0.15) is 0 Å². The van der Waals surface area contributed by atoms with Crippen molar-refractivity contribution in [2.24, 2.45) is 0 Å². The van der Waals surface area contributed by atoms with Crippen molar-refractivity contribution in [1.29, 1.82) is 0 Å². The third-order valence-corrected chi connectivity index (χ3v) is 6.87. The molecular weight excluding hydrogens is 376 g/mol. The minimum atomic E-state index is 0.485. The van der Waals surface area contributed by atoms with Crippen LogP contribution in [0.1, 0.15) is 26.2 Å². The monoisotopic (exact) mass is 396 g/mol. The van der Waals surface area contributed by atoms with Crippen molar-refractivity contribution in [3.63, 3.8) is 0 Å². The maximum absolute atomic E-state index is 5.74. The van der Waals surface area contributed by atoms with E-state index < -0.39 is 0 Å². The number of nitrogen functional groups attached to an aromatic ring is 1. The molecule has 5 rings (SSSR count). The van der Waals surface area contributed by atoms with Gasteiger partial charge >= 0.3 is 0 Å². The number of nitrogens with zero attached hydrogens (tertiary/aromatic N) is 4. The molecule has 8 heteroatoms. The molecule has 0 aliphatic carbocycles. The van der Waals surface area contributed by atoms with E-state index in [1.165, 1.54) is 30.6 Å². The Balaban J connectivity index is 1.53. The van der Waals surface area contributed by atoms with Gasteiger partial charge in [-0.05, 0) is 44.4 Å². The van der Waals surface area contributed by atoms with Crippen LogP contribution in [0.4, 0.5) is 10.3 Å². The van der Waals surface area contributed by atoms with Gasteiger partial charge in [-0.3, -0.25) is 0 Å². The molecule has 0 bridgehead atoms. The van der Waals surface area contributed by atoms with E-state index in [2.05, 4.69) is 44.5 Å². The van der Waals surface area contributed by atoms with E-state index in [4.69, 9.17) is 10.7 Å². The van der Waals surface area contributed by atoms with Gasteiger partial charge in [0.1, 0.15) is 5.01 Å². The number of benzene rings is 1. The molecule has 0 amide bonds. The van der Waals surface area contributed by atoms with Gasteiger partial charge in [-0.25, -0.2) is 4.98 Å². The first-order chi connectivity index (χ1) is 13.2. The highest BCUT2D eigenvalue weighted by Gasteiger charge is 2.22. The van der Waals surface area contributed by atoms with Gasteiger partial charge in [0, 0.05) is 46.2 Å². The van der Waals surface area contributed by atoms with Crippen LogP contribution >= 0.6 is 22.7 Å². The Labute approximate surface area is 165 Å². The summed E-state index contributed by atoms with van der Waals surface area (Å²) in [5.74, 6) is 0. The third-order valence-electron chi connectivity index (χ3n) is 5.19. The molecule has 0 saturated carbocycles. The largest absolute Gasteiger partial charge is 0.374 e. The number of hydrogen-bond acceptors (Lipinski definition) is 7. The van der Waals surface area contributed by atoms with Crippen LogP contribution < -0.4 is 10.6 Å². The summed E-state index contributed by atoms with van der Waals surface area (Å²) < 4.78 is 0. The first-order valence-corrected chi connectivity index (χ1v) is 10.8. The van der Waals surface area contributed by atoms with Gasteiger partial charge < -0.3 is 15.6 Å². The average molecular weight is 397 g/mol. The van der Waals surface area contributed by atoms with E-state index in [-0.39, 0.29) is 0 Å². The summed E-state index contributed by atoms with van der Waals surface area (Å²) >= 11 is 3.14. The molecule has 0 unspecified atom stereocenters. The van der Waals surface area contributed by atoms with Crippen LogP contribution in [0, 0.1) is 0 Å². The van der Waals surface area contributed by atoms with Crippen molar-refractivity contribution in [1.82, 2.24) is 20.2 Å². The second-order valence-electron chi connectivity index (χ2n) is 6.96. The highest BCUT2D eigenvalue weighted by Crippen LogP contribution is 2.36. The molecule has 1 fully saturated rings. The minimum Gasteiger partial charge on any atom is -0.374 e. The predicted molar refractivity (Wildman–Crippen MR) is 113 cm³/mol. The van der Waals surface area contributed by atoms with Crippen LogP contribution in [0.2, 0.25) is 0 Å². The van der Waals surface area contributed by atoms with E-state index in [1.807, 2.05) is 12.3 Å². The first-order valence-electron chi connectivity index (χ1n) is 9.12. The van der Waals surface area contributed by atoms with E-state index >= 15 is 0 Å². The SMILES string of the molecule is C[C@H]1CCCCN1c1nc(-c2c[nH]c3ccc(-c4nnc(N)s4)cc23)cs1. The number of aromatic amines is 1. The number of thiazole rings is 1. The normalized spacial score (nSPS) is 17.7. The van der Waals surface area contributed by atoms with Crippen molar-refractivity contribution in [2.75, 3.05) is 17.2 Å². The standard InChI is InChI=1S/C19H20N6S2/c1-11-4-2-3-7-25(11)19-22-16(10-26-19)14-9-21-15-6-5-12(8-13(14)15)17-23-24-18(20)27-17/h5-6,8-11,21H,2-4,7H2,1H3,(H2,20,24)/t11-/m0/s1. The number of fused-ring (bicyclic) bond motifs is 1. The van der Waals surface area contributed by atoms with Gasteiger partial charge in [0.05, 0.1) is 5.69 Å². The Morgan fingerprint density at radius 2 is 2.19 bits per heavy atom. The molecule has 1 aromatic carbocycles. The lowest BCUT2D eigenvalue weighted by atomic mass is 10.0. The highest BCUT2D eigenvalue weighted by molar-refractivity contribution is 7.18. The molecule has 1 aliphatic heterocycles. The van der Waals surface area contributed by atoms with Crippen LogP contribution in [0.5, 0.6) is 0 Å². The molecule has 6 nitrogen and oxygen atoms in total. The van der Waals surface area contributed by atoms with Crippen LogP contribution in [0.3, 0.4) is 0 Å². The fourth-order valence-electron chi connectivity index (χ4n) is 3.72. The van der Waals surface area contributed by atoms with Crippen LogP contribution in [0.15, 0.2) is 29.8 Å². The van der Waals surface area contributed by atoms with E-state index in [0.717, 1.165) is 44.4 Å². The molecule has 3 aromatic heterocycles. The summed E-state index contributed by atoms with van der Waals surface area (Å²) in [6, 6.07) is 6.83. The van der Waals surface area contributed by atoms with Gasteiger partial charge in [0.25, 0.3) is 0 Å². The molecular formula is C19H20N6S2. The number of rotatable bonds is 3. The zero-order valence-corrected chi connectivity index (χ0v) is 16.6. The number of nitrogens with two attached hydrogens (primary N) is 1. The molecule has 4 heterocycles. The number of hydrogen-bond donors (Lipinski definition) is 2. The second kappa shape index (κ2) is 6.61. The van der Waals surface area contributed by atoms with Crippen molar-refractivity contribution in [2.45, 2.75) is 32.2 Å². The minimum absolute atomic E-state index is 0.485. The van der Waals surface area contributed by atoms with Gasteiger partial charge in [-0.15, -0.1) is 21.5 Å². The molecule has 1 atom stereocenters. The Morgan fingerprint density at radius 3 is 3.00 bits per heavy atom. The molecule has 0 spiro atoms. The van der Waals surface area contributed by atoms with Crippen LogP contribution in [-0.2, 0) is 0 Å². The fraction of sp³-hybridized carbons (Fsp3) is 0.316. The van der Waals surface area contributed by atoms with E-state index in [0.29, 0.717) is 11.2 Å². The quantitative estimate of drug-likeness (QED) is 0.521. The average Bonchev–Trinajstić information content (AvgIpc) is 3.40. The summed E-state index contributed by atoms with van der Waals surface area (Å²) in [6.07, 6.45) is 5.86. The molecule has 1 saturated heterocycles. The van der Waals surface area contributed by atoms with Crippen molar-refractivity contribution >= 4 is 43.8 Å². The summed E-state index contributed by atoms with van der Waals surface area (Å²) in [4.78, 5) is 10.8. The first kappa shape index (κ1) is 16.7. The van der Waals surface area contributed by atoms with Crippen molar-refractivity contribution in [3.05, 3.63) is 29.8 Å². The van der Waals surface area contributed by atoms with E-state index in [9.17, 15) is 0 Å². The number of H-pyrrole nitrogens is 1. The topological polar surface area (TPSA) is 83.7 Å². The Morgan fingerprint density at radius 1 is 1.26 bits per heavy atom. The van der Waals surface area contributed by atoms with Crippen LogP contribution in [0.25, 0.3) is 32.7 Å². The number of piperidine rings is 1. The zero-order chi connectivity index (χ0) is 18.4. The number of anilines is 2. The number of nitrogens with one attached hydrogen (secondary N) is 1. The summed E-state index contributed by atoms with van der Waals surface area (Å²) in [7, 11) is 0. The predicted octanol–water partition coefficient (Wildman–Crippen LogP) is 4.77. The second-order valence-corrected chi connectivity index (χ2v) is 8.81. The van der Waals surface area contributed by atoms with Gasteiger partial charge in [-0.1, -0.05) is 11.3 Å². The molecule has 27 heavy (non-hydrogen) atoms. The molecule has 0 radical (unpaired) electrons. The fourth-order valence-corrected chi connectivity index (χ4v) is 5.28. The van der Waals surface area contributed by atoms with Crippen LogP contribution in [-0.4, -0.2) is 32.8 Å². The Hall–Kier alpha value is -2.45. The molecule has 4 aromatic rings. The lowest BCUT2D eigenvalue weighted by Crippen LogP contribution is -2.37. The van der Waals surface area contributed by atoms with Crippen molar-refractivity contribution in [3.8, 4) is 21.8 Å². The zero-order valence-electron chi connectivity index (χ0n) is 15.0. The summed E-state index contributed by atoms with van der Waals surface area (Å²) in [6.45, 7) is 3.40. The summed E-state index contributed by atoms with van der Waals surface area (Å²) in [5.41, 5.74) is 10.00. The maximum atomic E-state index is 5.74. The molecule has 1 aliphatic rings. The number of aromatic nitrogens is 4. The smallest absolute Gasteiger partial charge is 0.203 e. The lowest BCUT2D eigenvalue weighted by molar-refractivity contribution is 0.484. The Bertz CT molecular complexity index is 1090. The molecule has 3 N–H and O–H groups in total. The maximum Gasteiger partial charge on any atom is 0.203 e. The third kappa shape index (κ3) is 2.98. The van der Waals surface area contributed by atoms with Crippen molar-refractivity contribution < 1.29 is 0 Å². The molecule has 138 valence electrons. The lowest BCUT2D eigenvalue weighted by Gasteiger charge is -2.33.